The minimum atomic E-state index is 0.0283. The first kappa shape index (κ1) is 20.8. The number of benzene rings is 1. The average Bonchev–Trinajstić information content (AvgIpc) is 3.40. The Bertz CT molecular complexity index is 957. The van der Waals surface area contributed by atoms with Crippen LogP contribution in [0.1, 0.15) is 46.5 Å². The van der Waals surface area contributed by atoms with Crippen molar-refractivity contribution >= 4 is 17.2 Å². The summed E-state index contributed by atoms with van der Waals surface area (Å²) in [6.45, 7) is 6.72. The predicted molar refractivity (Wildman–Crippen MR) is 121 cm³/mol. The lowest BCUT2D eigenvalue weighted by Gasteiger charge is -2.33. The molecule has 1 fully saturated rings. The molecule has 1 aliphatic heterocycles. The quantitative estimate of drug-likeness (QED) is 0.587. The number of nitrogens with zero attached hydrogens (tertiary/aromatic N) is 2. The zero-order valence-electron chi connectivity index (χ0n) is 17.7. The second-order valence-corrected chi connectivity index (χ2v) is 9.27. The van der Waals surface area contributed by atoms with Gasteiger partial charge in [-0.1, -0.05) is 36.2 Å². The number of hydrogen-bond donors (Lipinski definition) is 1. The van der Waals surface area contributed by atoms with Crippen LogP contribution in [0.4, 0.5) is 0 Å². The fourth-order valence-electron chi connectivity index (χ4n) is 4.07. The molecule has 1 aromatic carbocycles. The van der Waals surface area contributed by atoms with Gasteiger partial charge >= 0.3 is 0 Å². The number of rotatable bonds is 7. The van der Waals surface area contributed by atoms with E-state index in [0.717, 1.165) is 40.0 Å². The second kappa shape index (κ2) is 9.58. The van der Waals surface area contributed by atoms with Crippen molar-refractivity contribution in [1.29, 1.82) is 0 Å². The van der Waals surface area contributed by atoms with E-state index in [2.05, 4.69) is 46.4 Å². The summed E-state index contributed by atoms with van der Waals surface area (Å²) in [5.74, 6) is 0.951. The molecule has 1 atom stereocenters. The van der Waals surface area contributed by atoms with Gasteiger partial charge in [-0.15, -0.1) is 11.3 Å². The first-order chi connectivity index (χ1) is 14.6. The van der Waals surface area contributed by atoms with E-state index in [-0.39, 0.29) is 11.9 Å². The van der Waals surface area contributed by atoms with Crippen molar-refractivity contribution in [2.45, 2.75) is 45.6 Å². The first-order valence-corrected chi connectivity index (χ1v) is 11.5. The lowest BCUT2D eigenvalue weighted by atomic mass is 10.1. The first-order valence-electron chi connectivity index (χ1n) is 10.7. The van der Waals surface area contributed by atoms with Crippen molar-refractivity contribution in [1.82, 2.24) is 15.2 Å². The van der Waals surface area contributed by atoms with Crippen LogP contribution in [0.25, 0.3) is 11.3 Å². The Hall–Kier alpha value is -2.44. The molecule has 1 amide bonds. The molecule has 0 spiro atoms. The summed E-state index contributed by atoms with van der Waals surface area (Å²) in [4.78, 5) is 21.0. The third-order valence-corrected chi connectivity index (χ3v) is 6.62. The minimum absolute atomic E-state index is 0.0283. The maximum Gasteiger partial charge on any atom is 0.225 e. The van der Waals surface area contributed by atoms with Crippen LogP contribution in [0.2, 0.25) is 0 Å². The van der Waals surface area contributed by atoms with Crippen molar-refractivity contribution in [2.75, 3.05) is 19.6 Å². The zero-order valence-corrected chi connectivity index (χ0v) is 18.5. The normalized spacial score (nSPS) is 15.8. The summed E-state index contributed by atoms with van der Waals surface area (Å²) in [6, 6.07) is 12.3. The largest absolute Gasteiger partial charge is 0.468 e. The number of likely N-dealkylation sites (tertiary alicyclic amines) is 1. The monoisotopic (exact) mass is 423 g/mol. The SMILES string of the molecule is Cc1ccc(-c2nc(C)sc2CC(=O)NCC(c2ccco2)N2CCCCC2)cc1. The lowest BCUT2D eigenvalue weighted by molar-refractivity contribution is -0.120. The third kappa shape index (κ3) is 4.99. The number of nitrogens with one attached hydrogen (secondary N) is 1. The number of thiazole rings is 1. The molecule has 0 aliphatic carbocycles. The van der Waals surface area contributed by atoms with Crippen LogP contribution < -0.4 is 5.32 Å². The van der Waals surface area contributed by atoms with Crippen molar-refractivity contribution < 1.29 is 9.21 Å². The second-order valence-electron chi connectivity index (χ2n) is 7.98. The van der Waals surface area contributed by atoms with Crippen LogP contribution in [0, 0.1) is 13.8 Å². The summed E-state index contributed by atoms with van der Waals surface area (Å²) in [5.41, 5.74) is 3.20. The summed E-state index contributed by atoms with van der Waals surface area (Å²) in [7, 11) is 0. The Morgan fingerprint density at radius 2 is 1.93 bits per heavy atom. The van der Waals surface area contributed by atoms with Crippen LogP contribution in [-0.2, 0) is 11.2 Å². The van der Waals surface area contributed by atoms with Crippen molar-refractivity contribution in [3.8, 4) is 11.3 Å². The Labute approximate surface area is 182 Å². The number of carbonyl (C=O) groups is 1. The summed E-state index contributed by atoms with van der Waals surface area (Å²) < 4.78 is 5.69. The highest BCUT2D eigenvalue weighted by molar-refractivity contribution is 7.12. The molecule has 0 radical (unpaired) electrons. The fourth-order valence-corrected chi connectivity index (χ4v) is 5.02. The van der Waals surface area contributed by atoms with Gasteiger partial charge in [-0.05, 0) is 51.9 Å². The predicted octanol–water partition coefficient (Wildman–Crippen LogP) is 4.91. The number of piperidine rings is 1. The number of furan rings is 1. The van der Waals surface area contributed by atoms with Gasteiger partial charge < -0.3 is 9.73 Å². The van der Waals surface area contributed by atoms with Gasteiger partial charge in [-0.25, -0.2) is 4.98 Å². The van der Waals surface area contributed by atoms with Gasteiger partial charge in [0.15, 0.2) is 0 Å². The van der Waals surface area contributed by atoms with Gasteiger partial charge in [-0.3, -0.25) is 9.69 Å². The molecule has 0 saturated carbocycles. The number of carbonyl (C=O) groups excluding carboxylic acids is 1. The lowest BCUT2D eigenvalue weighted by Crippen LogP contribution is -2.40. The minimum Gasteiger partial charge on any atom is -0.468 e. The smallest absolute Gasteiger partial charge is 0.225 e. The molecule has 6 heteroatoms. The van der Waals surface area contributed by atoms with Gasteiger partial charge in [0, 0.05) is 17.0 Å². The molecule has 1 N–H and O–H groups in total. The number of aryl methyl sites for hydroxylation is 2. The van der Waals surface area contributed by atoms with E-state index in [1.54, 1.807) is 17.6 Å². The van der Waals surface area contributed by atoms with E-state index in [1.165, 1.54) is 24.8 Å². The summed E-state index contributed by atoms with van der Waals surface area (Å²) in [6.07, 6.45) is 5.73. The summed E-state index contributed by atoms with van der Waals surface area (Å²) >= 11 is 1.60. The number of amides is 1. The zero-order chi connectivity index (χ0) is 20.9. The van der Waals surface area contributed by atoms with Crippen LogP contribution >= 0.6 is 11.3 Å². The van der Waals surface area contributed by atoms with Gasteiger partial charge in [0.1, 0.15) is 5.76 Å². The molecule has 3 aromatic rings. The van der Waals surface area contributed by atoms with Gasteiger partial charge in [0.2, 0.25) is 5.91 Å². The highest BCUT2D eigenvalue weighted by atomic mass is 32.1. The Balaban J connectivity index is 1.43. The van der Waals surface area contributed by atoms with Crippen LogP contribution in [0.3, 0.4) is 0 Å². The highest BCUT2D eigenvalue weighted by Crippen LogP contribution is 2.29. The molecule has 0 bridgehead atoms. The summed E-state index contributed by atoms with van der Waals surface area (Å²) in [5, 5.41) is 4.13. The average molecular weight is 424 g/mol. The maximum absolute atomic E-state index is 12.8. The van der Waals surface area contributed by atoms with Gasteiger partial charge in [0.05, 0.1) is 29.4 Å². The number of hydrogen-bond acceptors (Lipinski definition) is 5. The van der Waals surface area contributed by atoms with Crippen LogP contribution in [0.5, 0.6) is 0 Å². The molecule has 2 aromatic heterocycles. The Kier molecular flexibility index (Phi) is 6.65. The van der Waals surface area contributed by atoms with E-state index >= 15 is 0 Å². The topological polar surface area (TPSA) is 58.4 Å². The van der Waals surface area contributed by atoms with Crippen LogP contribution in [0.15, 0.2) is 47.1 Å². The molecule has 4 rings (SSSR count). The molecule has 1 saturated heterocycles. The molecule has 158 valence electrons. The van der Waals surface area contributed by atoms with E-state index in [4.69, 9.17) is 4.42 Å². The number of aromatic nitrogens is 1. The molecule has 3 heterocycles. The molecule has 5 nitrogen and oxygen atoms in total. The van der Waals surface area contributed by atoms with E-state index in [9.17, 15) is 4.79 Å². The standard InChI is InChI=1S/C24H29N3O2S/c1-17-8-10-19(11-9-17)24-22(30-18(2)26-24)15-23(28)25-16-20(21-7-6-14-29-21)27-12-4-3-5-13-27/h6-11,14,20H,3-5,12-13,15-16H2,1-2H3,(H,25,28). The van der Waals surface area contributed by atoms with E-state index in [0.29, 0.717) is 13.0 Å². The van der Waals surface area contributed by atoms with Gasteiger partial charge in [0.25, 0.3) is 0 Å². The Morgan fingerprint density at radius 3 is 2.63 bits per heavy atom. The molecule has 1 unspecified atom stereocenters. The van der Waals surface area contributed by atoms with E-state index in [1.807, 2.05) is 19.1 Å². The van der Waals surface area contributed by atoms with Crippen molar-refractivity contribution in [3.05, 3.63) is 63.9 Å². The third-order valence-electron chi connectivity index (χ3n) is 5.65. The fraction of sp³-hybridized carbons (Fsp3) is 0.417. The van der Waals surface area contributed by atoms with Gasteiger partial charge in [-0.2, -0.15) is 0 Å². The van der Waals surface area contributed by atoms with Crippen molar-refractivity contribution in [3.63, 3.8) is 0 Å². The highest BCUT2D eigenvalue weighted by Gasteiger charge is 2.25. The molecule has 1 aliphatic rings. The maximum atomic E-state index is 12.8. The van der Waals surface area contributed by atoms with Crippen LogP contribution in [-0.4, -0.2) is 35.4 Å². The molecule has 30 heavy (non-hydrogen) atoms. The molecular weight excluding hydrogens is 394 g/mol. The van der Waals surface area contributed by atoms with Crippen molar-refractivity contribution in [2.24, 2.45) is 0 Å². The Morgan fingerprint density at radius 1 is 1.17 bits per heavy atom. The van der Waals surface area contributed by atoms with E-state index < -0.39 is 0 Å². The molecular formula is C24H29N3O2S.